The van der Waals surface area contributed by atoms with Crippen molar-refractivity contribution in [3.8, 4) is 0 Å². The van der Waals surface area contributed by atoms with Crippen LogP contribution in [0.15, 0.2) is 23.1 Å². The zero-order valence-corrected chi connectivity index (χ0v) is 14.5. The Bertz CT molecular complexity index is 668. The predicted octanol–water partition coefficient (Wildman–Crippen LogP) is 4.56. The van der Waals surface area contributed by atoms with E-state index in [2.05, 4.69) is 6.92 Å². The van der Waals surface area contributed by atoms with Crippen molar-refractivity contribution in [2.45, 2.75) is 49.7 Å². The second kappa shape index (κ2) is 6.61. The Kier molecular flexibility index (Phi) is 5.33. The number of rotatable bonds is 3. The van der Waals surface area contributed by atoms with Gasteiger partial charge in [-0.05, 0) is 49.8 Å². The molecular weight excluding hydrogens is 351 g/mol. The Morgan fingerprint density at radius 2 is 1.74 bits per heavy atom. The Hall–Kier alpha value is -0.790. The van der Waals surface area contributed by atoms with Gasteiger partial charge in [-0.15, -0.1) is 0 Å². The van der Waals surface area contributed by atoms with Gasteiger partial charge in [-0.2, -0.15) is 17.5 Å². The van der Waals surface area contributed by atoms with Gasteiger partial charge in [0.05, 0.1) is 10.5 Å². The van der Waals surface area contributed by atoms with Crippen molar-refractivity contribution in [3.05, 3.63) is 28.8 Å². The van der Waals surface area contributed by atoms with Gasteiger partial charge in [-0.1, -0.05) is 18.5 Å². The smallest absolute Gasteiger partial charge is 0.207 e. The van der Waals surface area contributed by atoms with Crippen LogP contribution >= 0.6 is 11.6 Å². The minimum absolute atomic E-state index is 0.148. The third-order valence-electron chi connectivity index (χ3n) is 4.40. The highest BCUT2D eigenvalue weighted by molar-refractivity contribution is 7.89. The molecule has 0 aliphatic heterocycles. The van der Waals surface area contributed by atoms with Crippen molar-refractivity contribution >= 4 is 21.6 Å². The first-order chi connectivity index (χ1) is 10.5. The molecule has 1 aliphatic carbocycles. The normalized spacial score (nSPS) is 23.3. The van der Waals surface area contributed by atoms with Gasteiger partial charge in [0.1, 0.15) is 0 Å². The molecule has 8 heteroatoms. The molecule has 0 saturated heterocycles. The zero-order valence-electron chi connectivity index (χ0n) is 12.9. The summed E-state index contributed by atoms with van der Waals surface area (Å²) in [6.07, 6.45) is -1.72. The van der Waals surface area contributed by atoms with Crippen LogP contribution in [0.3, 0.4) is 0 Å². The first kappa shape index (κ1) is 18.5. The maximum Gasteiger partial charge on any atom is 0.417 e. The fraction of sp³-hybridized carbons (Fsp3) is 0.600. The molecule has 130 valence electrons. The fourth-order valence-electron chi connectivity index (χ4n) is 2.91. The van der Waals surface area contributed by atoms with Crippen molar-refractivity contribution in [1.82, 2.24) is 4.31 Å². The van der Waals surface area contributed by atoms with Crippen LogP contribution in [0.4, 0.5) is 13.2 Å². The number of hydrogen-bond acceptors (Lipinski definition) is 2. The van der Waals surface area contributed by atoms with E-state index in [0.717, 1.165) is 23.2 Å². The van der Waals surface area contributed by atoms with E-state index < -0.39 is 26.7 Å². The van der Waals surface area contributed by atoms with Crippen molar-refractivity contribution in [2.24, 2.45) is 5.92 Å². The summed E-state index contributed by atoms with van der Waals surface area (Å²) < 4.78 is 66.0. The summed E-state index contributed by atoms with van der Waals surface area (Å²) >= 11 is 5.61. The Morgan fingerprint density at radius 1 is 1.17 bits per heavy atom. The Balaban J connectivity index is 2.40. The number of benzene rings is 1. The molecule has 1 aliphatic rings. The van der Waals surface area contributed by atoms with Gasteiger partial charge in [0.2, 0.25) is 10.0 Å². The Labute approximate surface area is 139 Å². The van der Waals surface area contributed by atoms with Crippen molar-refractivity contribution in [3.63, 3.8) is 0 Å². The lowest BCUT2D eigenvalue weighted by atomic mass is 9.87. The maximum atomic E-state index is 13.2. The van der Waals surface area contributed by atoms with Crippen molar-refractivity contribution < 1.29 is 21.6 Å². The largest absolute Gasteiger partial charge is 0.417 e. The molecule has 3 nitrogen and oxygen atoms in total. The van der Waals surface area contributed by atoms with Gasteiger partial charge < -0.3 is 0 Å². The van der Waals surface area contributed by atoms with Crippen LogP contribution in [-0.2, 0) is 16.2 Å². The first-order valence-electron chi connectivity index (χ1n) is 7.38. The van der Waals surface area contributed by atoms with Gasteiger partial charge in [0.25, 0.3) is 0 Å². The van der Waals surface area contributed by atoms with Gasteiger partial charge in [0.15, 0.2) is 0 Å². The third kappa shape index (κ3) is 4.00. The average Bonchev–Trinajstić information content (AvgIpc) is 2.46. The second-order valence-corrected chi connectivity index (χ2v) is 8.48. The lowest BCUT2D eigenvalue weighted by Gasteiger charge is -2.33. The van der Waals surface area contributed by atoms with Crippen molar-refractivity contribution in [1.29, 1.82) is 0 Å². The summed E-state index contributed by atoms with van der Waals surface area (Å²) in [5, 5.41) is -0.148. The summed E-state index contributed by atoms with van der Waals surface area (Å²) in [6, 6.07) is 2.49. The fourth-order valence-corrected chi connectivity index (χ4v) is 4.68. The summed E-state index contributed by atoms with van der Waals surface area (Å²) in [5.74, 6) is 0.517. The van der Waals surface area contributed by atoms with E-state index in [-0.39, 0.29) is 11.1 Å². The zero-order chi connectivity index (χ0) is 17.4. The predicted molar refractivity (Wildman–Crippen MR) is 82.8 cm³/mol. The molecule has 23 heavy (non-hydrogen) atoms. The molecule has 0 bridgehead atoms. The van der Waals surface area contributed by atoms with Gasteiger partial charge in [-0.3, -0.25) is 0 Å². The molecule has 0 spiro atoms. The molecule has 2 rings (SSSR count). The molecule has 0 radical (unpaired) electrons. The summed E-state index contributed by atoms with van der Waals surface area (Å²) in [4.78, 5) is -0.740. The summed E-state index contributed by atoms with van der Waals surface area (Å²) in [7, 11) is -2.88. The summed E-state index contributed by atoms with van der Waals surface area (Å²) in [5.41, 5.74) is -1.22. The highest BCUT2D eigenvalue weighted by Gasteiger charge is 2.40. The monoisotopic (exact) mass is 369 g/mol. The van der Waals surface area contributed by atoms with Gasteiger partial charge in [-0.25, -0.2) is 8.42 Å². The van der Waals surface area contributed by atoms with E-state index in [4.69, 9.17) is 11.6 Å². The van der Waals surface area contributed by atoms with Crippen molar-refractivity contribution in [2.75, 3.05) is 7.05 Å². The minimum atomic E-state index is -4.78. The van der Waals surface area contributed by atoms with Crippen LogP contribution in [0.5, 0.6) is 0 Å². The molecule has 0 unspecified atom stereocenters. The number of halogens is 4. The standard InChI is InChI=1S/C15H19ClF3NO2S/c1-10-3-6-12(7-4-10)20(2)23(21,22)14-8-5-11(16)9-13(14)15(17,18)19/h5,8-10,12H,3-4,6-7H2,1-2H3. The number of hydrogen-bond donors (Lipinski definition) is 0. The van der Waals surface area contributed by atoms with Crippen LogP contribution in [0.2, 0.25) is 5.02 Å². The van der Waals surface area contributed by atoms with E-state index in [1.54, 1.807) is 0 Å². The third-order valence-corrected chi connectivity index (χ3v) is 6.61. The van der Waals surface area contributed by atoms with Gasteiger partial charge >= 0.3 is 6.18 Å². The van der Waals surface area contributed by atoms with E-state index in [0.29, 0.717) is 24.8 Å². The molecule has 0 atom stereocenters. The molecule has 0 amide bonds. The summed E-state index contributed by atoms with van der Waals surface area (Å²) in [6.45, 7) is 2.09. The van der Waals surface area contributed by atoms with Crippen LogP contribution in [0.25, 0.3) is 0 Å². The molecule has 1 aromatic carbocycles. The highest BCUT2D eigenvalue weighted by atomic mass is 35.5. The highest BCUT2D eigenvalue weighted by Crippen LogP contribution is 2.38. The SMILES string of the molecule is CC1CCC(N(C)S(=O)(=O)c2ccc(Cl)cc2C(F)(F)F)CC1. The molecule has 0 heterocycles. The van der Waals surface area contributed by atoms with Crippen LogP contribution in [0, 0.1) is 5.92 Å². The number of alkyl halides is 3. The maximum absolute atomic E-state index is 13.2. The lowest BCUT2D eigenvalue weighted by molar-refractivity contribution is -0.139. The first-order valence-corrected chi connectivity index (χ1v) is 9.20. The quantitative estimate of drug-likeness (QED) is 0.783. The Morgan fingerprint density at radius 3 is 2.26 bits per heavy atom. The van der Waals surface area contributed by atoms with E-state index >= 15 is 0 Å². The number of sulfonamides is 1. The van der Waals surface area contributed by atoms with E-state index in [1.165, 1.54) is 13.1 Å². The minimum Gasteiger partial charge on any atom is -0.207 e. The van der Waals surface area contributed by atoms with E-state index in [1.807, 2.05) is 0 Å². The van der Waals surface area contributed by atoms with Crippen LogP contribution in [-0.4, -0.2) is 25.8 Å². The van der Waals surface area contributed by atoms with E-state index in [9.17, 15) is 21.6 Å². The second-order valence-electron chi connectivity index (χ2n) is 6.07. The van der Waals surface area contributed by atoms with Crippen LogP contribution < -0.4 is 0 Å². The number of nitrogens with zero attached hydrogens (tertiary/aromatic N) is 1. The molecule has 0 aromatic heterocycles. The molecular formula is C15H19ClF3NO2S. The lowest BCUT2D eigenvalue weighted by Crippen LogP contribution is -2.39. The molecule has 1 fully saturated rings. The molecule has 1 saturated carbocycles. The van der Waals surface area contributed by atoms with Crippen LogP contribution in [0.1, 0.15) is 38.2 Å². The topological polar surface area (TPSA) is 37.4 Å². The molecule has 1 aromatic rings. The molecule has 0 N–H and O–H groups in total. The average molecular weight is 370 g/mol. The van der Waals surface area contributed by atoms with Gasteiger partial charge in [0, 0.05) is 18.1 Å².